The van der Waals surface area contributed by atoms with Crippen LogP contribution in [-0.2, 0) is 16.0 Å². The lowest BCUT2D eigenvalue weighted by Crippen LogP contribution is -2.33. The first-order valence-electron chi connectivity index (χ1n) is 7.78. The number of nitro benzene ring substituents is 1. The van der Waals surface area contributed by atoms with Crippen molar-refractivity contribution in [3.8, 4) is 0 Å². The smallest absolute Gasteiger partial charge is 0.277 e. The average Bonchev–Trinajstić information content (AvgIpc) is 2.89. The third kappa shape index (κ3) is 3.80. The highest BCUT2D eigenvalue weighted by molar-refractivity contribution is 9.10. The predicted molar refractivity (Wildman–Crippen MR) is 99.4 cm³/mol. The Balaban J connectivity index is 1.68. The van der Waals surface area contributed by atoms with E-state index in [2.05, 4.69) is 21.2 Å². The lowest BCUT2D eigenvalue weighted by molar-refractivity contribution is -0.384. The van der Waals surface area contributed by atoms with Gasteiger partial charge in [0.15, 0.2) is 0 Å². The summed E-state index contributed by atoms with van der Waals surface area (Å²) >= 11 is 3.23. The molecule has 0 bridgehead atoms. The van der Waals surface area contributed by atoms with E-state index in [0.29, 0.717) is 16.6 Å². The quantitative estimate of drug-likeness (QED) is 0.443. The summed E-state index contributed by atoms with van der Waals surface area (Å²) in [5, 5.41) is 13.6. The van der Waals surface area contributed by atoms with Crippen LogP contribution in [0.2, 0.25) is 0 Å². The number of nitrogens with one attached hydrogen (secondary N) is 1. The van der Waals surface area contributed by atoms with Gasteiger partial charge in [-0.15, -0.1) is 0 Å². The van der Waals surface area contributed by atoms with Crippen LogP contribution < -0.4 is 5.32 Å². The number of carbonyl (C=O) groups excluding carboxylic acids is 2. The summed E-state index contributed by atoms with van der Waals surface area (Å²) in [5.41, 5.74) is 1.56. The number of nitrogens with zero attached hydrogens (tertiary/aromatic N) is 2. The van der Waals surface area contributed by atoms with E-state index < -0.39 is 10.8 Å². The molecule has 0 saturated carbocycles. The summed E-state index contributed by atoms with van der Waals surface area (Å²) in [5.74, 6) is -0.803. The van der Waals surface area contributed by atoms with Crippen molar-refractivity contribution in [1.29, 1.82) is 0 Å². The summed E-state index contributed by atoms with van der Waals surface area (Å²) in [7, 11) is 0. The topological polar surface area (TPSA) is 92.5 Å². The molecule has 0 aliphatic carbocycles. The minimum atomic E-state index is -0.511. The summed E-state index contributed by atoms with van der Waals surface area (Å²) in [4.78, 5) is 36.0. The van der Waals surface area contributed by atoms with Crippen LogP contribution in [0.15, 0.2) is 64.8 Å². The van der Waals surface area contributed by atoms with Crippen molar-refractivity contribution in [2.75, 3.05) is 11.9 Å². The van der Waals surface area contributed by atoms with Gasteiger partial charge in [-0.2, -0.15) is 0 Å². The predicted octanol–water partition coefficient (Wildman–Crippen LogP) is 3.26. The van der Waals surface area contributed by atoms with E-state index in [9.17, 15) is 19.7 Å². The van der Waals surface area contributed by atoms with Crippen molar-refractivity contribution in [3.05, 3.63) is 80.5 Å². The number of benzene rings is 2. The second-order valence-corrected chi connectivity index (χ2v) is 6.49. The van der Waals surface area contributed by atoms with E-state index in [-0.39, 0.29) is 23.8 Å². The Morgan fingerprint density at radius 2 is 1.85 bits per heavy atom. The number of non-ortho nitro benzene ring substituents is 1. The maximum Gasteiger partial charge on any atom is 0.277 e. The Labute approximate surface area is 157 Å². The van der Waals surface area contributed by atoms with Crippen molar-refractivity contribution in [2.24, 2.45) is 0 Å². The minimum Gasteiger partial charge on any atom is -0.350 e. The summed E-state index contributed by atoms with van der Waals surface area (Å²) in [6.45, 7) is 0.283. The maximum atomic E-state index is 12.5. The van der Waals surface area contributed by atoms with Crippen molar-refractivity contribution < 1.29 is 14.5 Å². The third-order valence-electron chi connectivity index (χ3n) is 3.91. The Hall–Kier alpha value is -3.00. The van der Waals surface area contributed by atoms with E-state index in [1.165, 1.54) is 29.2 Å². The van der Waals surface area contributed by atoms with Gasteiger partial charge in [0.1, 0.15) is 5.70 Å². The Morgan fingerprint density at radius 3 is 2.50 bits per heavy atom. The molecule has 132 valence electrons. The molecule has 0 unspecified atom stereocenters. The fourth-order valence-electron chi connectivity index (χ4n) is 2.56. The van der Waals surface area contributed by atoms with Gasteiger partial charge in [-0.1, -0.05) is 30.3 Å². The number of imide groups is 1. The summed E-state index contributed by atoms with van der Waals surface area (Å²) in [6, 6.07) is 13.7. The molecule has 1 aliphatic rings. The van der Waals surface area contributed by atoms with Crippen molar-refractivity contribution in [1.82, 2.24) is 4.90 Å². The van der Waals surface area contributed by atoms with Gasteiger partial charge in [-0.25, -0.2) is 0 Å². The second kappa shape index (κ2) is 7.49. The number of anilines is 1. The number of halogens is 1. The van der Waals surface area contributed by atoms with E-state index in [4.69, 9.17) is 0 Å². The Kier molecular flexibility index (Phi) is 5.13. The fraction of sp³-hybridized carbons (Fsp3) is 0.111. The molecule has 2 amide bonds. The second-order valence-electron chi connectivity index (χ2n) is 5.63. The molecule has 0 fully saturated rings. The van der Waals surface area contributed by atoms with Gasteiger partial charge in [-0.3, -0.25) is 24.6 Å². The molecule has 3 rings (SSSR count). The Morgan fingerprint density at radius 1 is 1.12 bits per heavy atom. The molecular formula is C18H14BrN3O4. The lowest BCUT2D eigenvalue weighted by Gasteiger charge is -2.15. The first kappa shape index (κ1) is 17.8. The first-order chi connectivity index (χ1) is 12.5. The van der Waals surface area contributed by atoms with Gasteiger partial charge in [0.05, 0.1) is 10.6 Å². The van der Waals surface area contributed by atoms with Crippen LogP contribution in [0.5, 0.6) is 0 Å². The number of hydrogen-bond acceptors (Lipinski definition) is 5. The largest absolute Gasteiger partial charge is 0.350 e. The van der Waals surface area contributed by atoms with Crippen LogP contribution in [0.1, 0.15) is 5.56 Å². The number of hydrogen-bond donors (Lipinski definition) is 1. The molecule has 2 aromatic carbocycles. The van der Waals surface area contributed by atoms with E-state index in [0.717, 1.165) is 5.56 Å². The molecule has 1 N–H and O–H groups in total. The number of amides is 2. The molecule has 0 spiro atoms. The highest BCUT2D eigenvalue weighted by Crippen LogP contribution is 2.29. The summed E-state index contributed by atoms with van der Waals surface area (Å²) in [6.07, 6.45) is 1.81. The van der Waals surface area contributed by atoms with Crippen molar-refractivity contribution >= 4 is 39.1 Å². The van der Waals surface area contributed by atoms with Crippen LogP contribution in [0.25, 0.3) is 0 Å². The molecule has 0 atom stereocenters. The normalized spacial score (nSPS) is 13.7. The highest BCUT2D eigenvalue weighted by Gasteiger charge is 2.31. The monoisotopic (exact) mass is 415 g/mol. The zero-order chi connectivity index (χ0) is 18.7. The molecule has 0 aromatic heterocycles. The minimum absolute atomic E-state index is 0.0743. The zero-order valence-corrected chi connectivity index (χ0v) is 15.1. The van der Waals surface area contributed by atoms with Crippen LogP contribution >= 0.6 is 15.9 Å². The number of carbonyl (C=O) groups is 2. The van der Waals surface area contributed by atoms with Crippen LogP contribution in [-0.4, -0.2) is 28.2 Å². The molecule has 8 heteroatoms. The zero-order valence-electron chi connectivity index (χ0n) is 13.5. The van der Waals surface area contributed by atoms with E-state index >= 15 is 0 Å². The van der Waals surface area contributed by atoms with Crippen LogP contribution in [0, 0.1) is 10.1 Å². The lowest BCUT2D eigenvalue weighted by atomic mass is 10.1. The molecule has 2 aromatic rings. The van der Waals surface area contributed by atoms with Crippen LogP contribution in [0.4, 0.5) is 11.4 Å². The summed E-state index contributed by atoms with van der Waals surface area (Å²) < 4.78 is 0.426. The molecule has 0 saturated heterocycles. The average molecular weight is 416 g/mol. The maximum absolute atomic E-state index is 12.5. The van der Waals surface area contributed by atoms with Gasteiger partial charge in [-0.05, 0) is 34.0 Å². The molecule has 1 heterocycles. The molecular weight excluding hydrogens is 402 g/mol. The molecule has 26 heavy (non-hydrogen) atoms. The highest BCUT2D eigenvalue weighted by atomic mass is 79.9. The van der Waals surface area contributed by atoms with Gasteiger partial charge in [0.25, 0.3) is 17.5 Å². The van der Waals surface area contributed by atoms with Crippen molar-refractivity contribution in [3.63, 3.8) is 0 Å². The number of rotatable bonds is 6. The Bertz CT molecular complexity index is 912. The first-order valence-corrected chi connectivity index (χ1v) is 8.57. The van der Waals surface area contributed by atoms with Gasteiger partial charge >= 0.3 is 0 Å². The number of nitro groups is 1. The fourth-order valence-corrected chi connectivity index (χ4v) is 3.03. The van der Waals surface area contributed by atoms with E-state index in [1.807, 2.05) is 30.3 Å². The van der Waals surface area contributed by atoms with Gasteiger partial charge in [0, 0.05) is 29.2 Å². The van der Waals surface area contributed by atoms with Crippen molar-refractivity contribution in [2.45, 2.75) is 6.42 Å². The molecule has 7 nitrogen and oxygen atoms in total. The molecule has 0 radical (unpaired) electrons. The standard InChI is InChI=1S/C18H14BrN3O4/c19-14-10-13(22(25)26)6-7-15(14)20-16-11-17(23)21(18(16)24)9-8-12-4-2-1-3-5-12/h1-7,10-11,20H,8-9H2. The van der Waals surface area contributed by atoms with E-state index in [1.54, 1.807) is 0 Å². The SMILES string of the molecule is O=C1C=C(Nc2ccc([N+](=O)[O-])cc2Br)C(=O)N1CCc1ccccc1. The van der Waals surface area contributed by atoms with Crippen LogP contribution in [0.3, 0.4) is 0 Å². The third-order valence-corrected chi connectivity index (χ3v) is 4.57. The molecule has 1 aliphatic heterocycles. The van der Waals surface area contributed by atoms with Gasteiger partial charge < -0.3 is 5.32 Å². The van der Waals surface area contributed by atoms with Gasteiger partial charge in [0.2, 0.25) is 0 Å².